The lowest BCUT2D eigenvalue weighted by molar-refractivity contribution is 0.438. The molecule has 1 aliphatic heterocycles. The van der Waals surface area contributed by atoms with Crippen molar-refractivity contribution in [2.45, 2.75) is 32.2 Å². The van der Waals surface area contributed by atoms with E-state index in [4.69, 9.17) is 11.6 Å². The molecule has 0 amide bonds. The van der Waals surface area contributed by atoms with Crippen molar-refractivity contribution in [3.63, 3.8) is 0 Å². The first-order chi connectivity index (χ1) is 6.74. The first-order valence-electron chi connectivity index (χ1n) is 5.11. The molecule has 3 nitrogen and oxygen atoms in total. The van der Waals surface area contributed by atoms with Gasteiger partial charge in [-0.05, 0) is 26.8 Å². The fourth-order valence-electron chi connectivity index (χ4n) is 2.29. The number of aryl methyl sites for hydroxylation is 1. The van der Waals surface area contributed by atoms with E-state index in [1.165, 1.54) is 18.5 Å². The van der Waals surface area contributed by atoms with Crippen LogP contribution in [0.2, 0.25) is 5.15 Å². The average Bonchev–Trinajstić information content (AvgIpc) is 2.44. The maximum absolute atomic E-state index is 6.13. The second kappa shape index (κ2) is 3.91. The number of hydrogen-bond acceptors (Lipinski definition) is 2. The molecule has 0 aromatic carbocycles. The molecule has 1 N–H and O–H groups in total. The third kappa shape index (κ3) is 1.55. The summed E-state index contributed by atoms with van der Waals surface area (Å²) in [6.07, 6.45) is 2.44. The van der Waals surface area contributed by atoms with E-state index < -0.39 is 0 Å². The Morgan fingerprint density at radius 2 is 2.43 bits per heavy atom. The summed E-state index contributed by atoms with van der Waals surface area (Å²) in [4.78, 5) is 4.33. The molecule has 1 atom stereocenters. The van der Waals surface area contributed by atoms with Gasteiger partial charge in [0.25, 0.3) is 0 Å². The molecule has 2 rings (SSSR count). The Balaban J connectivity index is 2.37. The van der Waals surface area contributed by atoms with Gasteiger partial charge in [0, 0.05) is 19.0 Å². The number of rotatable bonds is 2. The number of aromatic nitrogens is 2. The van der Waals surface area contributed by atoms with Crippen molar-refractivity contribution < 1.29 is 0 Å². The molecular formula is C10H16ClN3. The number of nitrogens with one attached hydrogen (secondary N) is 1. The van der Waals surface area contributed by atoms with E-state index in [1.807, 2.05) is 14.0 Å². The van der Waals surface area contributed by atoms with E-state index >= 15 is 0 Å². The van der Waals surface area contributed by atoms with Crippen LogP contribution < -0.4 is 5.32 Å². The predicted octanol–water partition coefficient (Wildman–Crippen LogP) is 1.94. The molecular weight excluding hydrogens is 198 g/mol. The van der Waals surface area contributed by atoms with Crippen LogP contribution in [0.5, 0.6) is 0 Å². The molecule has 0 fully saturated rings. The fraction of sp³-hybridized carbons (Fsp3) is 0.700. The Hall–Kier alpha value is -0.540. The highest BCUT2D eigenvalue weighted by Gasteiger charge is 2.25. The van der Waals surface area contributed by atoms with Crippen LogP contribution in [0.25, 0.3) is 0 Å². The van der Waals surface area contributed by atoms with E-state index in [-0.39, 0.29) is 0 Å². The van der Waals surface area contributed by atoms with Gasteiger partial charge in [-0.25, -0.2) is 4.98 Å². The molecule has 0 aliphatic carbocycles. The van der Waals surface area contributed by atoms with Gasteiger partial charge in [0.2, 0.25) is 0 Å². The first kappa shape index (κ1) is 9.99. The van der Waals surface area contributed by atoms with Crippen LogP contribution >= 0.6 is 11.6 Å². The second-order valence-corrected chi connectivity index (χ2v) is 4.24. The number of likely N-dealkylation sites (N-methyl/N-ethyl adjacent to an activating group) is 1. The van der Waals surface area contributed by atoms with E-state index in [2.05, 4.69) is 14.9 Å². The standard InChI is InChI=1S/C10H16ClN3/c1-7-13-10(11)9-8(6-12-2)4-3-5-14(7)9/h8,12H,3-6H2,1-2H3. The Morgan fingerprint density at radius 1 is 1.64 bits per heavy atom. The van der Waals surface area contributed by atoms with Crippen LogP contribution in [0.4, 0.5) is 0 Å². The SMILES string of the molecule is CNCC1CCCn2c(C)nc(Cl)c21. The van der Waals surface area contributed by atoms with Crippen molar-refractivity contribution in [2.75, 3.05) is 13.6 Å². The van der Waals surface area contributed by atoms with E-state index in [0.29, 0.717) is 11.1 Å². The summed E-state index contributed by atoms with van der Waals surface area (Å²) < 4.78 is 2.26. The number of fused-ring (bicyclic) bond motifs is 1. The number of imidazole rings is 1. The zero-order valence-electron chi connectivity index (χ0n) is 8.68. The van der Waals surface area contributed by atoms with Crippen molar-refractivity contribution in [3.05, 3.63) is 16.7 Å². The molecule has 1 aromatic rings. The summed E-state index contributed by atoms with van der Waals surface area (Å²) in [5.41, 5.74) is 1.23. The first-order valence-corrected chi connectivity index (χ1v) is 5.49. The summed E-state index contributed by atoms with van der Waals surface area (Å²) >= 11 is 6.13. The van der Waals surface area contributed by atoms with Crippen molar-refractivity contribution >= 4 is 11.6 Å². The molecule has 0 bridgehead atoms. The second-order valence-electron chi connectivity index (χ2n) is 3.88. The molecule has 78 valence electrons. The minimum atomic E-state index is 0.530. The Labute approximate surface area is 89.5 Å². The van der Waals surface area contributed by atoms with E-state index in [9.17, 15) is 0 Å². The molecule has 2 heterocycles. The highest BCUT2D eigenvalue weighted by atomic mass is 35.5. The number of halogens is 1. The van der Waals surface area contributed by atoms with Crippen LogP contribution in [-0.2, 0) is 6.54 Å². The highest BCUT2D eigenvalue weighted by Crippen LogP contribution is 2.32. The van der Waals surface area contributed by atoms with Gasteiger partial charge in [-0.2, -0.15) is 0 Å². The summed E-state index contributed by atoms with van der Waals surface area (Å²) in [7, 11) is 1.98. The lowest BCUT2D eigenvalue weighted by Gasteiger charge is -2.24. The topological polar surface area (TPSA) is 29.9 Å². The maximum Gasteiger partial charge on any atom is 0.150 e. The third-order valence-electron chi connectivity index (χ3n) is 2.92. The van der Waals surface area contributed by atoms with Crippen LogP contribution in [-0.4, -0.2) is 23.1 Å². The quantitative estimate of drug-likeness (QED) is 0.814. The Kier molecular flexibility index (Phi) is 2.79. The lowest BCUT2D eigenvalue weighted by Crippen LogP contribution is -2.24. The fourth-order valence-corrected chi connectivity index (χ4v) is 2.67. The van der Waals surface area contributed by atoms with Gasteiger partial charge >= 0.3 is 0 Å². The Bertz CT molecular complexity index is 332. The number of nitrogens with zero attached hydrogens (tertiary/aromatic N) is 2. The smallest absolute Gasteiger partial charge is 0.150 e. The summed E-state index contributed by atoms with van der Waals surface area (Å²) in [6.45, 7) is 4.09. The molecule has 0 saturated carbocycles. The van der Waals surface area contributed by atoms with Gasteiger partial charge in [-0.3, -0.25) is 0 Å². The van der Waals surface area contributed by atoms with Crippen molar-refractivity contribution in [3.8, 4) is 0 Å². The van der Waals surface area contributed by atoms with E-state index in [0.717, 1.165) is 18.9 Å². The van der Waals surface area contributed by atoms with Gasteiger partial charge in [0.1, 0.15) is 5.82 Å². The average molecular weight is 214 g/mol. The van der Waals surface area contributed by atoms with Crippen molar-refractivity contribution in [2.24, 2.45) is 0 Å². The van der Waals surface area contributed by atoms with E-state index in [1.54, 1.807) is 0 Å². The molecule has 4 heteroatoms. The van der Waals surface area contributed by atoms with Gasteiger partial charge in [0.05, 0.1) is 5.69 Å². The largest absolute Gasteiger partial charge is 0.331 e. The monoisotopic (exact) mass is 213 g/mol. The Morgan fingerprint density at radius 3 is 3.14 bits per heavy atom. The van der Waals surface area contributed by atoms with Crippen molar-refractivity contribution in [1.29, 1.82) is 0 Å². The maximum atomic E-state index is 6.13. The summed E-state index contributed by atoms with van der Waals surface area (Å²) in [5.74, 6) is 1.58. The molecule has 1 unspecified atom stereocenters. The van der Waals surface area contributed by atoms with Gasteiger partial charge in [-0.15, -0.1) is 0 Å². The van der Waals surface area contributed by atoms with Crippen LogP contribution in [0.1, 0.15) is 30.3 Å². The predicted molar refractivity (Wildman–Crippen MR) is 57.9 cm³/mol. The molecule has 14 heavy (non-hydrogen) atoms. The third-order valence-corrected chi connectivity index (χ3v) is 3.20. The normalized spacial score (nSPS) is 20.9. The zero-order valence-corrected chi connectivity index (χ0v) is 9.43. The number of hydrogen-bond donors (Lipinski definition) is 1. The highest BCUT2D eigenvalue weighted by molar-refractivity contribution is 6.30. The summed E-state index contributed by atoms with van der Waals surface area (Å²) in [5, 5.41) is 3.91. The molecule has 0 radical (unpaired) electrons. The van der Waals surface area contributed by atoms with Gasteiger partial charge < -0.3 is 9.88 Å². The molecule has 1 aliphatic rings. The van der Waals surface area contributed by atoms with Crippen LogP contribution in [0.3, 0.4) is 0 Å². The molecule has 0 saturated heterocycles. The minimum absolute atomic E-state index is 0.530. The zero-order chi connectivity index (χ0) is 10.1. The van der Waals surface area contributed by atoms with Crippen LogP contribution in [0.15, 0.2) is 0 Å². The minimum Gasteiger partial charge on any atom is -0.331 e. The van der Waals surface area contributed by atoms with Crippen LogP contribution in [0, 0.1) is 6.92 Å². The summed E-state index contributed by atoms with van der Waals surface area (Å²) in [6, 6.07) is 0. The lowest BCUT2D eigenvalue weighted by atomic mass is 9.96. The molecule has 1 aromatic heterocycles. The van der Waals surface area contributed by atoms with Gasteiger partial charge in [-0.1, -0.05) is 11.6 Å². The van der Waals surface area contributed by atoms with Crippen molar-refractivity contribution in [1.82, 2.24) is 14.9 Å². The van der Waals surface area contributed by atoms with Gasteiger partial charge in [0.15, 0.2) is 5.15 Å². The molecule has 0 spiro atoms.